The van der Waals surface area contributed by atoms with E-state index in [2.05, 4.69) is 5.32 Å². The van der Waals surface area contributed by atoms with Gasteiger partial charge in [0, 0.05) is 12.6 Å². The Kier molecular flexibility index (Phi) is 4.73. The summed E-state index contributed by atoms with van der Waals surface area (Å²) in [7, 11) is 0. The van der Waals surface area contributed by atoms with E-state index in [1.807, 2.05) is 38.1 Å². The fourth-order valence-electron chi connectivity index (χ4n) is 1.34. The van der Waals surface area contributed by atoms with Crippen molar-refractivity contribution in [1.29, 1.82) is 0 Å². The lowest BCUT2D eigenvalue weighted by molar-refractivity contribution is -0.116. The third-order valence-corrected chi connectivity index (χ3v) is 2.06. The summed E-state index contributed by atoms with van der Waals surface area (Å²) in [5.74, 6) is -0.0885. The maximum atomic E-state index is 11.3. The van der Waals surface area contributed by atoms with E-state index in [1.165, 1.54) is 0 Å². The molecule has 0 aliphatic rings. The van der Waals surface area contributed by atoms with E-state index < -0.39 is 0 Å². The Hall–Kier alpha value is -1.61. The van der Waals surface area contributed by atoms with E-state index in [-0.39, 0.29) is 12.5 Å². The van der Waals surface area contributed by atoms with Crippen molar-refractivity contribution < 1.29 is 9.90 Å². The third kappa shape index (κ3) is 4.28. The van der Waals surface area contributed by atoms with Crippen LogP contribution in [0.5, 0.6) is 0 Å². The molecule has 2 N–H and O–H groups in total. The van der Waals surface area contributed by atoms with Gasteiger partial charge in [-0.05, 0) is 25.0 Å². The normalized spacial score (nSPS) is 9.69. The first-order valence-electron chi connectivity index (χ1n) is 5.23. The second-order valence-electron chi connectivity index (χ2n) is 3.92. The Morgan fingerprint density at radius 1 is 1.38 bits per heavy atom. The molecule has 0 fully saturated rings. The minimum Gasteiger partial charge on any atom is -0.392 e. The van der Waals surface area contributed by atoms with Gasteiger partial charge in [0.05, 0.1) is 6.61 Å². The van der Waals surface area contributed by atoms with E-state index >= 15 is 0 Å². The number of aliphatic hydroxyl groups is 1. The standard InChI is InChI=1S/C13H17NO2/c1-10(2)6-13(16)14-8-11-4-3-5-12(7-11)9-15/h3-7,15H,8-9H2,1-2H3,(H,14,16). The smallest absolute Gasteiger partial charge is 0.244 e. The summed E-state index contributed by atoms with van der Waals surface area (Å²) in [5, 5.41) is 11.7. The van der Waals surface area contributed by atoms with Gasteiger partial charge in [-0.3, -0.25) is 4.79 Å². The van der Waals surface area contributed by atoms with E-state index in [4.69, 9.17) is 5.11 Å². The average Bonchev–Trinajstić information content (AvgIpc) is 2.26. The minimum absolute atomic E-state index is 0.0236. The predicted molar refractivity (Wildman–Crippen MR) is 63.6 cm³/mol. The van der Waals surface area contributed by atoms with E-state index in [1.54, 1.807) is 6.08 Å². The molecule has 0 atom stereocenters. The maximum Gasteiger partial charge on any atom is 0.244 e. The number of carbonyl (C=O) groups is 1. The van der Waals surface area contributed by atoms with Crippen molar-refractivity contribution in [3.05, 3.63) is 47.0 Å². The molecule has 1 aromatic rings. The first kappa shape index (κ1) is 12.5. The molecule has 0 radical (unpaired) electrons. The predicted octanol–water partition coefficient (Wildman–Crippen LogP) is 1.76. The zero-order chi connectivity index (χ0) is 12.0. The van der Waals surface area contributed by atoms with Crippen molar-refractivity contribution >= 4 is 5.91 Å². The van der Waals surface area contributed by atoms with Crippen LogP contribution in [0.25, 0.3) is 0 Å². The second kappa shape index (κ2) is 6.08. The molecule has 0 unspecified atom stereocenters. The summed E-state index contributed by atoms with van der Waals surface area (Å²) >= 11 is 0. The van der Waals surface area contributed by atoms with Gasteiger partial charge in [-0.15, -0.1) is 0 Å². The number of aliphatic hydroxyl groups excluding tert-OH is 1. The number of nitrogens with one attached hydrogen (secondary N) is 1. The van der Waals surface area contributed by atoms with Crippen LogP contribution in [0.2, 0.25) is 0 Å². The van der Waals surface area contributed by atoms with Crippen LogP contribution in [0.4, 0.5) is 0 Å². The molecule has 0 aromatic heterocycles. The second-order valence-corrected chi connectivity index (χ2v) is 3.92. The van der Waals surface area contributed by atoms with Crippen LogP contribution in [0.15, 0.2) is 35.9 Å². The summed E-state index contributed by atoms with van der Waals surface area (Å²) in [6, 6.07) is 7.51. The number of benzene rings is 1. The topological polar surface area (TPSA) is 49.3 Å². The van der Waals surface area contributed by atoms with Gasteiger partial charge in [-0.25, -0.2) is 0 Å². The lowest BCUT2D eigenvalue weighted by Gasteiger charge is -2.04. The molecule has 1 aromatic carbocycles. The Morgan fingerprint density at radius 2 is 2.06 bits per heavy atom. The summed E-state index contributed by atoms with van der Waals surface area (Å²) in [6.07, 6.45) is 1.57. The van der Waals surface area contributed by atoms with Crippen LogP contribution in [0.3, 0.4) is 0 Å². The fourth-order valence-corrected chi connectivity index (χ4v) is 1.34. The summed E-state index contributed by atoms with van der Waals surface area (Å²) in [5.41, 5.74) is 2.82. The number of rotatable bonds is 4. The largest absolute Gasteiger partial charge is 0.392 e. The molecule has 16 heavy (non-hydrogen) atoms. The Labute approximate surface area is 95.8 Å². The molecule has 3 nitrogen and oxygen atoms in total. The molecule has 86 valence electrons. The number of amides is 1. The Morgan fingerprint density at radius 3 is 2.69 bits per heavy atom. The molecular formula is C13H17NO2. The first-order chi connectivity index (χ1) is 7.61. The highest BCUT2D eigenvalue weighted by Crippen LogP contribution is 2.04. The molecule has 1 amide bonds. The maximum absolute atomic E-state index is 11.3. The summed E-state index contributed by atoms with van der Waals surface area (Å²) in [6.45, 7) is 4.27. The van der Waals surface area contributed by atoms with Gasteiger partial charge >= 0.3 is 0 Å². The molecule has 0 spiro atoms. The van der Waals surface area contributed by atoms with E-state index in [0.29, 0.717) is 6.54 Å². The van der Waals surface area contributed by atoms with Gasteiger partial charge in [0.25, 0.3) is 0 Å². The molecule has 0 aliphatic heterocycles. The van der Waals surface area contributed by atoms with Crippen molar-refractivity contribution in [2.75, 3.05) is 0 Å². The van der Waals surface area contributed by atoms with Crippen LogP contribution >= 0.6 is 0 Å². The van der Waals surface area contributed by atoms with Crippen LogP contribution < -0.4 is 5.32 Å². The van der Waals surface area contributed by atoms with Gasteiger partial charge in [-0.2, -0.15) is 0 Å². The molecule has 0 saturated heterocycles. The lowest BCUT2D eigenvalue weighted by atomic mass is 10.1. The zero-order valence-electron chi connectivity index (χ0n) is 9.66. The number of carbonyl (C=O) groups excluding carboxylic acids is 1. The van der Waals surface area contributed by atoms with Gasteiger partial charge in [0.2, 0.25) is 5.91 Å². The van der Waals surface area contributed by atoms with Crippen LogP contribution in [0.1, 0.15) is 25.0 Å². The third-order valence-electron chi connectivity index (χ3n) is 2.06. The van der Waals surface area contributed by atoms with Crippen LogP contribution in [-0.4, -0.2) is 11.0 Å². The molecule has 0 saturated carbocycles. The quantitative estimate of drug-likeness (QED) is 0.758. The van der Waals surface area contributed by atoms with E-state index in [0.717, 1.165) is 16.7 Å². The van der Waals surface area contributed by atoms with Crippen molar-refractivity contribution in [1.82, 2.24) is 5.32 Å². The number of hydrogen-bond acceptors (Lipinski definition) is 2. The van der Waals surface area contributed by atoms with Gasteiger partial charge < -0.3 is 10.4 Å². The molecular weight excluding hydrogens is 202 g/mol. The molecule has 0 aliphatic carbocycles. The summed E-state index contributed by atoms with van der Waals surface area (Å²) < 4.78 is 0. The highest BCUT2D eigenvalue weighted by molar-refractivity contribution is 5.87. The number of hydrogen-bond donors (Lipinski definition) is 2. The Bertz CT molecular complexity index is 393. The molecule has 0 heterocycles. The van der Waals surface area contributed by atoms with Gasteiger partial charge in [0.1, 0.15) is 0 Å². The molecule has 1 rings (SSSR count). The average molecular weight is 219 g/mol. The molecule has 0 bridgehead atoms. The first-order valence-corrected chi connectivity index (χ1v) is 5.23. The SMILES string of the molecule is CC(C)=CC(=O)NCc1cccc(CO)c1. The zero-order valence-corrected chi connectivity index (χ0v) is 9.66. The molecule has 3 heteroatoms. The number of allylic oxidation sites excluding steroid dienone is 1. The van der Waals surface area contributed by atoms with Crippen molar-refractivity contribution in [3.8, 4) is 0 Å². The highest BCUT2D eigenvalue weighted by Gasteiger charge is 1.98. The lowest BCUT2D eigenvalue weighted by Crippen LogP contribution is -2.20. The van der Waals surface area contributed by atoms with Crippen molar-refractivity contribution in [2.24, 2.45) is 0 Å². The summed E-state index contributed by atoms with van der Waals surface area (Å²) in [4.78, 5) is 11.3. The van der Waals surface area contributed by atoms with Crippen LogP contribution in [0, 0.1) is 0 Å². The van der Waals surface area contributed by atoms with Crippen molar-refractivity contribution in [2.45, 2.75) is 27.0 Å². The monoisotopic (exact) mass is 219 g/mol. The highest BCUT2D eigenvalue weighted by atomic mass is 16.3. The van der Waals surface area contributed by atoms with Crippen LogP contribution in [-0.2, 0) is 17.9 Å². The van der Waals surface area contributed by atoms with E-state index in [9.17, 15) is 4.79 Å². The Balaban J connectivity index is 2.54. The van der Waals surface area contributed by atoms with Gasteiger partial charge in [0.15, 0.2) is 0 Å². The van der Waals surface area contributed by atoms with Gasteiger partial charge in [-0.1, -0.05) is 29.8 Å². The minimum atomic E-state index is -0.0885. The van der Waals surface area contributed by atoms with Crippen molar-refractivity contribution in [3.63, 3.8) is 0 Å². The fraction of sp³-hybridized carbons (Fsp3) is 0.308.